The highest BCUT2D eigenvalue weighted by Gasteiger charge is 2.21. The summed E-state index contributed by atoms with van der Waals surface area (Å²) in [6, 6.07) is 10.8. The van der Waals surface area contributed by atoms with E-state index in [0.29, 0.717) is 27.1 Å². The smallest absolute Gasteiger partial charge is 0.357 e. The van der Waals surface area contributed by atoms with E-state index in [1.54, 1.807) is 45.4 Å². The van der Waals surface area contributed by atoms with E-state index in [4.69, 9.17) is 37.4 Å². The van der Waals surface area contributed by atoms with E-state index >= 15 is 0 Å². The lowest BCUT2D eigenvalue weighted by Gasteiger charge is -2.12. The van der Waals surface area contributed by atoms with Crippen LogP contribution in [0.15, 0.2) is 42.6 Å². The summed E-state index contributed by atoms with van der Waals surface area (Å²) in [6.45, 7) is 3.79. The van der Waals surface area contributed by atoms with Crippen LogP contribution in [-0.4, -0.2) is 29.2 Å². The highest BCUT2D eigenvalue weighted by Crippen LogP contribution is 2.37. The van der Waals surface area contributed by atoms with Gasteiger partial charge >= 0.3 is 5.97 Å². The van der Waals surface area contributed by atoms with Crippen LogP contribution < -0.4 is 4.74 Å². The number of halogens is 2. The Morgan fingerprint density at radius 1 is 1.16 bits per heavy atom. The first-order valence-corrected chi connectivity index (χ1v) is 10.4. The first-order chi connectivity index (χ1) is 14.9. The minimum Gasteiger partial charge on any atom is -0.458 e. The Hall–Kier alpha value is -2.80. The van der Waals surface area contributed by atoms with Gasteiger partial charge in [0.05, 0.1) is 29.4 Å². The predicted octanol–water partition coefficient (Wildman–Crippen LogP) is 6.53. The van der Waals surface area contributed by atoms with Crippen LogP contribution >= 0.6 is 23.2 Å². The summed E-state index contributed by atoms with van der Waals surface area (Å²) in [4.78, 5) is 20.3. The fourth-order valence-corrected chi connectivity index (χ4v) is 3.75. The van der Waals surface area contributed by atoms with Crippen LogP contribution in [0.25, 0.3) is 21.8 Å². The third-order valence-electron chi connectivity index (χ3n) is 4.68. The summed E-state index contributed by atoms with van der Waals surface area (Å²) in [5, 5.41) is 2.43. The van der Waals surface area contributed by atoms with Crippen LogP contribution in [0.4, 0.5) is 0 Å². The molecule has 0 saturated carbocycles. The molecule has 1 N–H and O–H groups in total. The van der Waals surface area contributed by atoms with Crippen molar-refractivity contribution in [3.05, 3.63) is 63.9 Å². The molecule has 4 aromatic rings. The first kappa shape index (κ1) is 21.4. The topological polar surface area (TPSA) is 73.4 Å². The zero-order valence-corrected chi connectivity index (χ0v) is 18.7. The van der Waals surface area contributed by atoms with E-state index in [-0.39, 0.29) is 18.4 Å². The monoisotopic (exact) mass is 458 g/mol. The van der Waals surface area contributed by atoms with Gasteiger partial charge < -0.3 is 19.2 Å². The Labute approximate surface area is 189 Å². The fourth-order valence-electron chi connectivity index (χ4n) is 3.42. The van der Waals surface area contributed by atoms with E-state index in [1.807, 2.05) is 18.2 Å². The molecule has 0 aliphatic carbocycles. The molecule has 2 aromatic heterocycles. The second kappa shape index (κ2) is 8.75. The molecule has 0 bridgehead atoms. The molecule has 4 rings (SSSR count). The van der Waals surface area contributed by atoms with Crippen molar-refractivity contribution in [2.75, 3.05) is 7.11 Å². The van der Waals surface area contributed by atoms with Crippen molar-refractivity contribution in [1.82, 2.24) is 9.97 Å². The van der Waals surface area contributed by atoms with Crippen molar-refractivity contribution in [1.29, 1.82) is 0 Å². The second-order valence-electron chi connectivity index (χ2n) is 7.25. The van der Waals surface area contributed by atoms with Crippen molar-refractivity contribution < 1.29 is 19.0 Å². The Morgan fingerprint density at radius 3 is 2.71 bits per heavy atom. The van der Waals surface area contributed by atoms with Crippen molar-refractivity contribution in [2.45, 2.75) is 26.6 Å². The predicted molar refractivity (Wildman–Crippen MR) is 121 cm³/mol. The Morgan fingerprint density at radius 2 is 1.97 bits per heavy atom. The summed E-state index contributed by atoms with van der Waals surface area (Å²) in [5.41, 5.74) is 2.53. The summed E-state index contributed by atoms with van der Waals surface area (Å²) in [6.07, 6.45) is 1.37. The number of fused-ring (bicyclic) bond motifs is 3. The van der Waals surface area contributed by atoms with Crippen LogP contribution in [0.5, 0.6) is 11.5 Å². The van der Waals surface area contributed by atoms with E-state index < -0.39 is 5.97 Å². The van der Waals surface area contributed by atoms with Gasteiger partial charge in [0.15, 0.2) is 5.69 Å². The normalized spacial score (nSPS) is 11.4. The third kappa shape index (κ3) is 4.19. The number of aromatic nitrogens is 2. The minimum absolute atomic E-state index is 0.199. The molecule has 160 valence electrons. The number of carbonyl (C=O) groups excluding carboxylic acids is 1. The fraction of sp³-hybridized carbons (Fsp3) is 0.217. The van der Waals surface area contributed by atoms with E-state index in [2.05, 4.69) is 9.97 Å². The summed E-state index contributed by atoms with van der Waals surface area (Å²) < 4.78 is 16.7. The number of benzene rings is 2. The number of carbonyl (C=O) groups is 1. The second-order valence-corrected chi connectivity index (χ2v) is 8.03. The lowest BCUT2D eigenvalue weighted by atomic mass is 10.1. The van der Waals surface area contributed by atoms with Gasteiger partial charge in [-0.05, 0) is 44.2 Å². The van der Waals surface area contributed by atoms with Crippen molar-refractivity contribution in [3.63, 3.8) is 0 Å². The molecule has 0 aliphatic rings. The molecule has 0 saturated heterocycles. The number of pyridine rings is 1. The average Bonchev–Trinajstić information content (AvgIpc) is 3.09. The Bertz CT molecular complexity index is 1280. The van der Waals surface area contributed by atoms with E-state index in [1.165, 1.54) is 0 Å². The molecule has 0 spiro atoms. The number of hydrogen-bond donors (Lipinski definition) is 1. The van der Waals surface area contributed by atoms with Crippen LogP contribution in [0, 0.1) is 0 Å². The number of ether oxygens (including phenoxy) is 3. The van der Waals surface area contributed by atoms with Crippen molar-refractivity contribution in [2.24, 2.45) is 0 Å². The molecule has 0 atom stereocenters. The molecular weight excluding hydrogens is 439 g/mol. The van der Waals surface area contributed by atoms with E-state index in [0.717, 1.165) is 21.8 Å². The van der Waals surface area contributed by atoms with E-state index in [9.17, 15) is 4.79 Å². The number of methoxy groups -OCH3 is 1. The molecule has 2 aromatic carbocycles. The lowest BCUT2D eigenvalue weighted by molar-refractivity contribution is 0.0366. The Kier molecular flexibility index (Phi) is 6.05. The number of aromatic amines is 1. The van der Waals surface area contributed by atoms with Gasteiger partial charge in [0.25, 0.3) is 0 Å². The molecule has 0 fully saturated rings. The van der Waals surface area contributed by atoms with Gasteiger partial charge in [-0.25, -0.2) is 9.78 Å². The summed E-state index contributed by atoms with van der Waals surface area (Å²) >= 11 is 12.4. The molecule has 0 amide bonds. The van der Waals surface area contributed by atoms with Crippen LogP contribution in [-0.2, 0) is 16.1 Å². The zero-order chi connectivity index (χ0) is 22.1. The molecule has 2 heterocycles. The zero-order valence-electron chi connectivity index (χ0n) is 17.2. The number of nitrogens with one attached hydrogen (secondary N) is 1. The lowest BCUT2D eigenvalue weighted by Crippen LogP contribution is -2.15. The van der Waals surface area contributed by atoms with Gasteiger partial charge in [0.1, 0.15) is 16.5 Å². The Balaban J connectivity index is 1.86. The van der Waals surface area contributed by atoms with Gasteiger partial charge in [-0.1, -0.05) is 29.3 Å². The van der Waals surface area contributed by atoms with Gasteiger partial charge in [0.2, 0.25) is 0 Å². The molecule has 0 aliphatic heterocycles. The maximum atomic E-state index is 12.6. The van der Waals surface area contributed by atoms with Gasteiger partial charge in [-0.2, -0.15) is 0 Å². The van der Waals surface area contributed by atoms with Crippen LogP contribution in [0.3, 0.4) is 0 Å². The number of hydrogen-bond acceptors (Lipinski definition) is 5. The van der Waals surface area contributed by atoms with Crippen molar-refractivity contribution >= 4 is 51.0 Å². The largest absolute Gasteiger partial charge is 0.458 e. The maximum Gasteiger partial charge on any atom is 0.357 e. The summed E-state index contributed by atoms with van der Waals surface area (Å²) in [5.74, 6) is 0.536. The highest BCUT2D eigenvalue weighted by molar-refractivity contribution is 6.42. The molecule has 31 heavy (non-hydrogen) atoms. The third-order valence-corrected chi connectivity index (χ3v) is 5.48. The number of nitrogens with zero attached hydrogens (tertiary/aromatic N) is 1. The van der Waals surface area contributed by atoms with Gasteiger partial charge in [-0.15, -0.1) is 0 Å². The van der Waals surface area contributed by atoms with Crippen LogP contribution in [0.1, 0.15) is 29.9 Å². The number of rotatable bonds is 6. The van der Waals surface area contributed by atoms with Gasteiger partial charge in [-0.3, -0.25) is 0 Å². The molecular formula is C23H20Cl2N2O4. The summed E-state index contributed by atoms with van der Waals surface area (Å²) in [7, 11) is 1.57. The minimum atomic E-state index is -0.489. The molecule has 6 nitrogen and oxygen atoms in total. The quantitative estimate of drug-likeness (QED) is 0.332. The SMILES string of the molecule is COCc1c(C(=O)OC(C)C)ncc2[nH]c3ccc(Oc4cccc(Cl)c4Cl)cc3c12. The maximum absolute atomic E-state index is 12.6. The molecule has 8 heteroatoms. The number of esters is 1. The van der Waals surface area contributed by atoms with Gasteiger partial charge in [0, 0.05) is 29.0 Å². The average molecular weight is 459 g/mol. The van der Waals surface area contributed by atoms with Crippen LogP contribution in [0.2, 0.25) is 10.0 Å². The standard InChI is InChI=1S/C23H20Cl2N2O4/c1-12(2)30-23(28)22-15(11-29-3)20-14-9-13(7-8-17(14)27-18(20)10-26-22)31-19-6-4-5-16(24)21(19)25/h4-10,12,27H,11H2,1-3H3. The first-order valence-electron chi connectivity index (χ1n) is 9.64. The number of H-pyrrole nitrogens is 1. The molecule has 0 unspecified atom stereocenters. The molecule has 0 radical (unpaired) electrons. The van der Waals surface area contributed by atoms with Crippen molar-refractivity contribution in [3.8, 4) is 11.5 Å². The highest BCUT2D eigenvalue weighted by atomic mass is 35.5.